The lowest BCUT2D eigenvalue weighted by atomic mass is 10.2. The number of thioether (sulfide) groups is 1. The predicted octanol–water partition coefficient (Wildman–Crippen LogP) is 1.87. The van der Waals surface area contributed by atoms with Crippen LogP contribution in [0.25, 0.3) is 0 Å². The van der Waals surface area contributed by atoms with E-state index >= 15 is 0 Å². The van der Waals surface area contributed by atoms with Crippen LogP contribution in [0.4, 0.5) is 5.13 Å². The molecule has 1 saturated carbocycles. The van der Waals surface area contributed by atoms with Gasteiger partial charge in [-0.05, 0) is 25.7 Å². The molecule has 0 bridgehead atoms. The van der Waals surface area contributed by atoms with Gasteiger partial charge in [-0.25, -0.2) is 0 Å². The zero-order valence-corrected chi connectivity index (χ0v) is 11.6. The van der Waals surface area contributed by atoms with Crippen molar-refractivity contribution in [2.24, 2.45) is 0 Å². The van der Waals surface area contributed by atoms with Crippen LogP contribution >= 0.6 is 23.1 Å². The Bertz CT molecular complexity index is 432. The van der Waals surface area contributed by atoms with E-state index in [2.05, 4.69) is 20.8 Å². The van der Waals surface area contributed by atoms with Crippen molar-refractivity contribution in [1.29, 1.82) is 0 Å². The van der Waals surface area contributed by atoms with Crippen molar-refractivity contribution < 1.29 is 4.79 Å². The maximum absolute atomic E-state index is 11.8. The van der Waals surface area contributed by atoms with E-state index in [1.165, 1.54) is 12.8 Å². The molecule has 1 aromatic heterocycles. The van der Waals surface area contributed by atoms with Gasteiger partial charge in [-0.15, -0.1) is 10.2 Å². The molecule has 2 heterocycles. The molecule has 1 amide bonds. The number of carbonyl (C=O) groups excluding carboxylic acids is 1. The van der Waals surface area contributed by atoms with Gasteiger partial charge in [0.1, 0.15) is 0 Å². The van der Waals surface area contributed by atoms with Crippen molar-refractivity contribution in [3.63, 3.8) is 0 Å². The standard InChI is InChI=1S/C11H16N4OS2/c16-9-8(3-1-2-6-12-9)17-11-15-14-10(18-11)13-7-4-5-7/h7-8H,1-6H2,(H,12,16)(H,13,14)/t8-/m0/s1. The summed E-state index contributed by atoms with van der Waals surface area (Å²) in [6, 6.07) is 0.594. The van der Waals surface area contributed by atoms with E-state index in [-0.39, 0.29) is 11.2 Å². The van der Waals surface area contributed by atoms with Crippen LogP contribution in [0.1, 0.15) is 32.1 Å². The molecule has 2 aliphatic rings. The topological polar surface area (TPSA) is 66.9 Å². The van der Waals surface area contributed by atoms with Crippen molar-refractivity contribution in [2.45, 2.75) is 47.7 Å². The van der Waals surface area contributed by atoms with Crippen LogP contribution in [0.5, 0.6) is 0 Å². The second-order valence-corrected chi connectivity index (χ2v) is 7.11. The van der Waals surface area contributed by atoms with E-state index in [9.17, 15) is 4.79 Å². The Labute approximate surface area is 114 Å². The van der Waals surface area contributed by atoms with E-state index in [4.69, 9.17) is 0 Å². The number of aromatic nitrogens is 2. The largest absolute Gasteiger partial charge is 0.357 e. The first-order valence-corrected chi connectivity index (χ1v) is 8.05. The average Bonchev–Trinajstić information content (AvgIpc) is 3.09. The Kier molecular flexibility index (Phi) is 3.69. The molecule has 2 fully saturated rings. The fourth-order valence-corrected chi connectivity index (χ4v) is 4.00. The Hall–Kier alpha value is -0.820. The van der Waals surface area contributed by atoms with Crippen LogP contribution in [0.3, 0.4) is 0 Å². The maximum Gasteiger partial charge on any atom is 0.233 e. The molecule has 1 aromatic rings. The Balaban J connectivity index is 1.59. The van der Waals surface area contributed by atoms with Crippen molar-refractivity contribution in [1.82, 2.24) is 15.5 Å². The molecule has 7 heteroatoms. The highest BCUT2D eigenvalue weighted by molar-refractivity contribution is 8.02. The fraction of sp³-hybridized carbons (Fsp3) is 0.727. The van der Waals surface area contributed by atoms with Crippen molar-refractivity contribution in [3.8, 4) is 0 Å². The molecule has 0 radical (unpaired) electrons. The molecule has 3 rings (SSSR count). The number of hydrogen-bond donors (Lipinski definition) is 2. The molecule has 1 aliphatic carbocycles. The number of carbonyl (C=O) groups is 1. The molecule has 0 aromatic carbocycles. The third-order valence-corrected chi connectivity index (χ3v) is 5.24. The van der Waals surface area contributed by atoms with Crippen LogP contribution in [-0.2, 0) is 4.79 Å². The summed E-state index contributed by atoms with van der Waals surface area (Å²) in [7, 11) is 0. The quantitative estimate of drug-likeness (QED) is 0.883. The molecule has 98 valence electrons. The zero-order valence-electron chi connectivity index (χ0n) is 10.0. The van der Waals surface area contributed by atoms with Gasteiger partial charge in [-0.1, -0.05) is 29.5 Å². The van der Waals surface area contributed by atoms with Gasteiger partial charge in [-0.3, -0.25) is 4.79 Å². The Morgan fingerprint density at radius 3 is 3.00 bits per heavy atom. The fourth-order valence-electron chi connectivity index (χ4n) is 1.86. The van der Waals surface area contributed by atoms with Crippen molar-refractivity contribution in [2.75, 3.05) is 11.9 Å². The smallest absolute Gasteiger partial charge is 0.233 e. The number of nitrogens with zero attached hydrogens (tertiary/aromatic N) is 2. The first kappa shape index (κ1) is 12.2. The lowest BCUT2D eigenvalue weighted by molar-refractivity contribution is -0.120. The number of amides is 1. The first-order chi connectivity index (χ1) is 8.81. The van der Waals surface area contributed by atoms with Crippen LogP contribution < -0.4 is 10.6 Å². The lowest BCUT2D eigenvalue weighted by Crippen LogP contribution is -2.30. The summed E-state index contributed by atoms with van der Waals surface area (Å²) in [6.45, 7) is 0.806. The van der Waals surface area contributed by atoms with Crippen molar-refractivity contribution in [3.05, 3.63) is 0 Å². The Morgan fingerprint density at radius 1 is 1.28 bits per heavy atom. The third-order valence-electron chi connectivity index (χ3n) is 3.04. The molecule has 0 unspecified atom stereocenters. The van der Waals surface area contributed by atoms with E-state index in [0.29, 0.717) is 6.04 Å². The normalized spacial score (nSPS) is 24.4. The van der Waals surface area contributed by atoms with Gasteiger partial charge in [-0.2, -0.15) is 0 Å². The number of rotatable bonds is 4. The van der Waals surface area contributed by atoms with E-state index in [0.717, 1.165) is 35.3 Å². The van der Waals surface area contributed by atoms with Crippen LogP contribution in [-0.4, -0.2) is 33.9 Å². The predicted molar refractivity (Wildman–Crippen MR) is 73.1 cm³/mol. The monoisotopic (exact) mass is 284 g/mol. The lowest BCUT2D eigenvalue weighted by Gasteiger charge is -2.09. The summed E-state index contributed by atoms with van der Waals surface area (Å²) in [4.78, 5) is 11.8. The maximum atomic E-state index is 11.8. The SMILES string of the molecule is O=C1NCCCC[C@@H]1Sc1nnc(NC2CC2)s1. The van der Waals surface area contributed by atoms with Crippen molar-refractivity contribution >= 4 is 34.1 Å². The number of nitrogens with one attached hydrogen (secondary N) is 2. The van der Waals surface area contributed by atoms with Gasteiger partial charge in [0.15, 0.2) is 4.34 Å². The molecule has 1 aliphatic heterocycles. The number of hydrogen-bond acceptors (Lipinski definition) is 6. The average molecular weight is 284 g/mol. The van der Waals surface area contributed by atoms with Crippen LogP contribution in [0.2, 0.25) is 0 Å². The summed E-state index contributed by atoms with van der Waals surface area (Å²) in [5, 5.41) is 15.4. The van der Waals surface area contributed by atoms with Gasteiger partial charge >= 0.3 is 0 Å². The summed E-state index contributed by atoms with van der Waals surface area (Å²) >= 11 is 3.10. The molecular weight excluding hydrogens is 268 g/mol. The van der Waals surface area contributed by atoms with E-state index in [1.807, 2.05) is 0 Å². The second kappa shape index (κ2) is 5.44. The summed E-state index contributed by atoms with van der Waals surface area (Å²) in [6.07, 6.45) is 5.57. The van der Waals surface area contributed by atoms with Gasteiger partial charge in [0.2, 0.25) is 11.0 Å². The van der Waals surface area contributed by atoms with Gasteiger partial charge < -0.3 is 10.6 Å². The minimum atomic E-state index is -0.00535. The molecule has 5 nitrogen and oxygen atoms in total. The highest BCUT2D eigenvalue weighted by atomic mass is 32.2. The molecule has 2 N–H and O–H groups in total. The number of anilines is 1. The molecule has 18 heavy (non-hydrogen) atoms. The third kappa shape index (κ3) is 3.14. The second-order valence-electron chi connectivity index (χ2n) is 4.69. The summed E-state index contributed by atoms with van der Waals surface area (Å²) in [5.74, 6) is 0.143. The van der Waals surface area contributed by atoms with Gasteiger partial charge in [0.25, 0.3) is 0 Å². The van der Waals surface area contributed by atoms with Crippen LogP contribution in [0.15, 0.2) is 4.34 Å². The van der Waals surface area contributed by atoms with Gasteiger partial charge in [0.05, 0.1) is 5.25 Å². The summed E-state index contributed by atoms with van der Waals surface area (Å²) < 4.78 is 0.889. The minimum Gasteiger partial charge on any atom is -0.357 e. The van der Waals surface area contributed by atoms with E-state index < -0.39 is 0 Å². The molecule has 0 spiro atoms. The molecule has 1 saturated heterocycles. The molecular formula is C11H16N4OS2. The summed E-state index contributed by atoms with van der Waals surface area (Å²) in [5.41, 5.74) is 0. The Morgan fingerprint density at radius 2 is 2.17 bits per heavy atom. The highest BCUT2D eigenvalue weighted by Gasteiger charge is 2.25. The first-order valence-electron chi connectivity index (χ1n) is 6.36. The minimum absolute atomic E-state index is 0.00535. The highest BCUT2D eigenvalue weighted by Crippen LogP contribution is 2.33. The van der Waals surface area contributed by atoms with E-state index in [1.54, 1.807) is 23.1 Å². The van der Waals surface area contributed by atoms with Gasteiger partial charge in [0, 0.05) is 12.6 Å². The van der Waals surface area contributed by atoms with Crippen LogP contribution in [0, 0.1) is 0 Å². The zero-order chi connectivity index (χ0) is 12.4. The molecule has 1 atom stereocenters.